The van der Waals surface area contributed by atoms with Crippen molar-refractivity contribution in [3.8, 4) is 0 Å². The minimum Gasteiger partial charge on any atom is -0.357 e. The van der Waals surface area contributed by atoms with Crippen LogP contribution in [0.25, 0.3) is 22.1 Å². The fraction of sp³-hybridized carbons (Fsp3) is 0.400. The normalized spacial score (nSPS) is 17.9. The van der Waals surface area contributed by atoms with Crippen molar-refractivity contribution < 1.29 is 9.47 Å². The Bertz CT molecular complexity index is 1140. The maximum atomic E-state index is 6.13. The molecule has 0 saturated carbocycles. The van der Waals surface area contributed by atoms with Gasteiger partial charge in [-0.3, -0.25) is 0 Å². The Labute approximate surface area is 183 Å². The third-order valence-electron chi connectivity index (χ3n) is 4.80. The molecule has 5 rings (SSSR count). The van der Waals surface area contributed by atoms with Gasteiger partial charge < -0.3 is 19.0 Å². The van der Waals surface area contributed by atoms with Crippen molar-refractivity contribution in [1.29, 1.82) is 0 Å². The molecule has 4 aromatic heterocycles. The first-order valence-electron chi connectivity index (χ1n) is 9.64. The minimum absolute atomic E-state index is 0.179. The summed E-state index contributed by atoms with van der Waals surface area (Å²) in [6.07, 6.45) is 8.86. The number of aryl methyl sites for hydroxylation is 1. The van der Waals surface area contributed by atoms with Gasteiger partial charge in [-0.25, -0.2) is 19.9 Å². The van der Waals surface area contributed by atoms with E-state index in [-0.39, 0.29) is 6.10 Å². The number of fused-ring (bicyclic) bond motifs is 2. The predicted molar refractivity (Wildman–Crippen MR) is 116 cm³/mol. The monoisotopic (exact) mass is 448 g/mol. The molecular formula is C20H22Cl2N6O2. The molecule has 0 aromatic carbocycles. The fourth-order valence-electron chi connectivity index (χ4n) is 3.41. The molecule has 1 aliphatic heterocycles. The Morgan fingerprint density at radius 3 is 2.60 bits per heavy atom. The number of rotatable bonds is 4. The second kappa shape index (κ2) is 8.85. The molecule has 0 amide bonds. The minimum atomic E-state index is -0.442. The zero-order valence-electron chi connectivity index (χ0n) is 16.7. The van der Waals surface area contributed by atoms with Gasteiger partial charge in [0.05, 0.1) is 23.7 Å². The third kappa shape index (κ3) is 4.73. The van der Waals surface area contributed by atoms with Crippen LogP contribution in [0.1, 0.15) is 26.7 Å². The second-order valence-electron chi connectivity index (χ2n) is 7.40. The Morgan fingerprint density at radius 2 is 1.87 bits per heavy atom. The van der Waals surface area contributed by atoms with Crippen LogP contribution in [0, 0.1) is 0 Å². The summed E-state index contributed by atoms with van der Waals surface area (Å²) in [4.78, 5) is 18.9. The first-order valence-corrected chi connectivity index (χ1v) is 10.4. The zero-order valence-corrected chi connectivity index (χ0v) is 18.2. The maximum absolute atomic E-state index is 6.13. The average Bonchev–Trinajstić information content (AvgIpc) is 3.42. The van der Waals surface area contributed by atoms with Gasteiger partial charge in [0, 0.05) is 18.9 Å². The van der Waals surface area contributed by atoms with Crippen molar-refractivity contribution in [3.63, 3.8) is 0 Å². The largest absolute Gasteiger partial charge is 0.357 e. The number of nitrogens with zero attached hydrogens (tertiary/aromatic N) is 5. The van der Waals surface area contributed by atoms with Crippen molar-refractivity contribution >= 4 is 45.3 Å². The standard InChI is InChI=1S/C14H18ClN3O2.C6H4ClN3/c1-14(2)19-8-10(20-14)4-3-6-18-7-5-11-12(18)13(15)17-9-16-11;7-6-5-4(1-2-8-5)9-3-10-6/h5,7,9-10H,3-4,6,8H2,1-2H3;1-3,8H. The summed E-state index contributed by atoms with van der Waals surface area (Å²) in [6.45, 7) is 5.44. The quantitative estimate of drug-likeness (QED) is 0.457. The number of ether oxygens (including phenoxy) is 2. The van der Waals surface area contributed by atoms with E-state index in [1.54, 1.807) is 6.20 Å². The molecule has 0 bridgehead atoms. The molecule has 30 heavy (non-hydrogen) atoms. The molecular weight excluding hydrogens is 427 g/mol. The fourth-order valence-corrected chi connectivity index (χ4v) is 3.86. The van der Waals surface area contributed by atoms with E-state index in [1.807, 2.05) is 32.2 Å². The molecule has 10 heteroatoms. The van der Waals surface area contributed by atoms with Gasteiger partial charge in [0.2, 0.25) is 0 Å². The number of aromatic nitrogens is 6. The van der Waals surface area contributed by atoms with E-state index < -0.39 is 5.79 Å². The first kappa shape index (κ1) is 21.0. The average molecular weight is 449 g/mol. The molecule has 1 saturated heterocycles. The lowest BCUT2D eigenvalue weighted by Gasteiger charge is -2.17. The Hall–Kier alpha value is -2.26. The molecule has 1 aliphatic rings. The summed E-state index contributed by atoms with van der Waals surface area (Å²) in [5.74, 6) is -0.442. The van der Waals surface area contributed by atoms with Gasteiger partial charge in [-0.1, -0.05) is 23.2 Å². The van der Waals surface area contributed by atoms with Crippen molar-refractivity contribution in [2.24, 2.45) is 0 Å². The maximum Gasteiger partial charge on any atom is 0.163 e. The van der Waals surface area contributed by atoms with Crippen molar-refractivity contribution in [2.45, 2.75) is 45.1 Å². The van der Waals surface area contributed by atoms with Gasteiger partial charge in [0.25, 0.3) is 0 Å². The topological polar surface area (TPSA) is 90.7 Å². The highest BCUT2D eigenvalue weighted by molar-refractivity contribution is 6.33. The van der Waals surface area contributed by atoms with Gasteiger partial charge in [-0.15, -0.1) is 0 Å². The smallest absolute Gasteiger partial charge is 0.163 e. The van der Waals surface area contributed by atoms with E-state index in [0.717, 1.165) is 41.5 Å². The van der Waals surface area contributed by atoms with Crippen LogP contribution in [0.3, 0.4) is 0 Å². The van der Waals surface area contributed by atoms with E-state index in [4.69, 9.17) is 32.7 Å². The summed E-state index contributed by atoms with van der Waals surface area (Å²) in [5.41, 5.74) is 3.42. The molecule has 1 fully saturated rings. The molecule has 5 heterocycles. The van der Waals surface area contributed by atoms with Gasteiger partial charge in [0.1, 0.15) is 23.7 Å². The lowest BCUT2D eigenvalue weighted by Crippen LogP contribution is -2.21. The molecule has 0 radical (unpaired) electrons. The van der Waals surface area contributed by atoms with E-state index in [9.17, 15) is 0 Å². The first-order chi connectivity index (χ1) is 14.4. The highest BCUT2D eigenvalue weighted by Crippen LogP contribution is 2.26. The highest BCUT2D eigenvalue weighted by atomic mass is 35.5. The Balaban J connectivity index is 0.000000181. The van der Waals surface area contributed by atoms with Crippen LogP contribution in [0.2, 0.25) is 10.3 Å². The number of hydrogen-bond donors (Lipinski definition) is 1. The van der Waals surface area contributed by atoms with E-state index >= 15 is 0 Å². The Kier molecular flexibility index (Phi) is 6.19. The van der Waals surface area contributed by atoms with Crippen LogP contribution < -0.4 is 0 Å². The molecule has 8 nitrogen and oxygen atoms in total. The van der Waals surface area contributed by atoms with E-state index in [0.29, 0.717) is 16.9 Å². The summed E-state index contributed by atoms with van der Waals surface area (Å²) in [5, 5.41) is 0.969. The van der Waals surface area contributed by atoms with Gasteiger partial charge in [-0.05, 0) is 38.8 Å². The van der Waals surface area contributed by atoms with Gasteiger partial charge in [-0.2, -0.15) is 0 Å². The predicted octanol–water partition coefficient (Wildman–Crippen LogP) is 4.63. The van der Waals surface area contributed by atoms with Crippen LogP contribution in [-0.4, -0.2) is 48.0 Å². The second-order valence-corrected chi connectivity index (χ2v) is 8.12. The number of aromatic amines is 1. The summed E-state index contributed by atoms with van der Waals surface area (Å²) in [7, 11) is 0. The van der Waals surface area contributed by atoms with Crippen molar-refractivity contribution in [1.82, 2.24) is 29.5 Å². The summed E-state index contributed by atoms with van der Waals surface area (Å²) < 4.78 is 13.5. The molecule has 1 N–H and O–H groups in total. The van der Waals surface area contributed by atoms with Crippen LogP contribution in [0.4, 0.5) is 0 Å². The summed E-state index contributed by atoms with van der Waals surface area (Å²) >= 11 is 11.8. The van der Waals surface area contributed by atoms with Crippen LogP contribution in [0.15, 0.2) is 37.2 Å². The lowest BCUT2D eigenvalue weighted by atomic mass is 10.2. The number of nitrogens with one attached hydrogen (secondary N) is 1. The Morgan fingerprint density at radius 1 is 1.10 bits per heavy atom. The molecule has 4 aromatic rings. The lowest BCUT2D eigenvalue weighted by molar-refractivity contribution is -0.139. The molecule has 1 unspecified atom stereocenters. The zero-order chi connectivity index (χ0) is 21.1. The van der Waals surface area contributed by atoms with Gasteiger partial charge >= 0.3 is 0 Å². The number of hydrogen-bond acceptors (Lipinski definition) is 6. The molecule has 1 atom stereocenters. The van der Waals surface area contributed by atoms with E-state index in [1.165, 1.54) is 12.7 Å². The van der Waals surface area contributed by atoms with Gasteiger partial charge in [0.15, 0.2) is 16.1 Å². The molecule has 158 valence electrons. The summed E-state index contributed by atoms with van der Waals surface area (Å²) in [6, 6.07) is 3.81. The van der Waals surface area contributed by atoms with Crippen LogP contribution >= 0.6 is 23.2 Å². The molecule has 0 spiro atoms. The van der Waals surface area contributed by atoms with Crippen LogP contribution in [-0.2, 0) is 16.0 Å². The van der Waals surface area contributed by atoms with Crippen molar-refractivity contribution in [2.75, 3.05) is 6.61 Å². The number of halogens is 2. The third-order valence-corrected chi connectivity index (χ3v) is 5.36. The SMILES string of the molecule is CC1(C)OCC(CCCn2ccc3ncnc(Cl)c32)O1.Clc1ncnc2cc[nH]c12. The number of H-pyrrole nitrogens is 1. The van der Waals surface area contributed by atoms with Crippen LogP contribution in [0.5, 0.6) is 0 Å². The highest BCUT2D eigenvalue weighted by Gasteiger charge is 2.32. The van der Waals surface area contributed by atoms with E-state index in [2.05, 4.69) is 29.5 Å². The molecule has 0 aliphatic carbocycles. The van der Waals surface area contributed by atoms with Crippen molar-refractivity contribution in [3.05, 3.63) is 47.5 Å².